The van der Waals surface area contributed by atoms with Gasteiger partial charge in [0.05, 0.1) is 22.9 Å². The molecule has 160 valence electrons. The molecule has 1 N–H and O–H groups in total. The molecule has 1 aliphatic rings. The zero-order valence-corrected chi connectivity index (χ0v) is 17.6. The fourth-order valence-corrected chi connectivity index (χ4v) is 5.42. The average molecular weight is 440 g/mol. The van der Waals surface area contributed by atoms with Gasteiger partial charge in [0, 0.05) is 29.9 Å². The van der Waals surface area contributed by atoms with Crippen molar-refractivity contribution in [3.05, 3.63) is 78.3 Å². The van der Waals surface area contributed by atoms with Crippen molar-refractivity contribution in [2.24, 2.45) is 5.92 Å². The maximum absolute atomic E-state index is 13.4. The number of rotatable bonds is 6. The Labute approximate surface area is 180 Å². The van der Waals surface area contributed by atoms with Gasteiger partial charge in [0.15, 0.2) is 9.84 Å². The molecule has 1 unspecified atom stereocenters. The van der Waals surface area contributed by atoms with Crippen molar-refractivity contribution in [1.82, 2.24) is 15.1 Å². The van der Waals surface area contributed by atoms with Crippen molar-refractivity contribution in [1.29, 1.82) is 0 Å². The molecule has 1 fully saturated rings. The van der Waals surface area contributed by atoms with E-state index < -0.39 is 9.84 Å². The Bertz CT molecular complexity index is 1200. The number of aromatic nitrogens is 2. The zero-order chi connectivity index (χ0) is 21.8. The maximum atomic E-state index is 13.4. The summed E-state index contributed by atoms with van der Waals surface area (Å²) >= 11 is 0. The number of benzene rings is 2. The van der Waals surface area contributed by atoms with Crippen LogP contribution in [0, 0.1) is 11.7 Å². The molecule has 4 rings (SSSR count). The molecular weight excluding hydrogens is 417 g/mol. The number of hydrogen-bond acceptors (Lipinski definition) is 4. The fraction of sp³-hybridized carbons (Fsp3) is 0.217. The van der Waals surface area contributed by atoms with Gasteiger partial charge in [-0.2, -0.15) is 5.10 Å². The van der Waals surface area contributed by atoms with Crippen LogP contribution >= 0.6 is 0 Å². The molecule has 1 aliphatic heterocycles. The number of para-hydroxylation sites is 1. The summed E-state index contributed by atoms with van der Waals surface area (Å²) in [6.45, 7) is 0.330. The summed E-state index contributed by atoms with van der Waals surface area (Å²) in [6, 6.07) is 15.6. The van der Waals surface area contributed by atoms with Gasteiger partial charge in [-0.05, 0) is 54.8 Å². The molecule has 2 heterocycles. The highest BCUT2D eigenvalue weighted by molar-refractivity contribution is 7.91. The van der Waals surface area contributed by atoms with Crippen LogP contribution in [0.3, 0.4) is 0 Å². The Morgan fingerprint density at radius 2 is 1.90 bits per heavy atom. The van der Waals surface area contributed by atoms with E-state index >= 15 is 0 Å². The molecule has 1 atom stereocenters. The summed E-state index contributed by atoms with van der Waals surface area (Å²) in [7, 11) is -2.97. The predicted octanol–water partition coefficient (Wildman–Crippen LogP) is 3.24. The van der Waals surface area contributed by atoms with E-state index in [-0.39, 0.29) is 29.1 Å². The van der Waals surface area contributed by atoms with Gasteiger partial charge in [0.2, 0.25) is 5.91 Å². The van der Waals surface area contributed by atoms with Crippen molar-refractivity contribution in [2.45, 2.75) is 6.42 Å². The zero-order valence-electron chi connectivity index (χ0n) is 16.7. The summed E-state index contributed by atoms with van der Waals surface area (Å²) in [5.41, 5.74) is 2.91. The van der Waals surface area contributed by atoms with Crippen LogP contribution in [0.1, 0.15) is 12.0 Å². The summed E-state index contributed by atoms with van der Waals surface area (Å²) in [5.74, 6) is -0.380. The van der Waals surface area contributed by atoms with Crippen LogP contribution in [-0.2, 0) is 14.6 Å². The topological polar surface area (TPSA) is 81.1 Å². The number of halogens is 1. The highest BCUT2D eigenvalue weighted by Gasteiger charge is 2.27. The van der Waals surface area contributed by atoms with Gasteiger partial charge in [-0.15, -0.1) is 0 Å². The van der Waals surface area contributed by atoms with Crippen LogP contribution in [0.4, 0.5) is 4.39 Å². The van der Waals surface area contributed by atoms with Gasteiger partial charge in [-0.25, -0.2) is 17.5 Å². The summed E-state index contributed by atoms with van der Waals surface area (Å²) in [6.07, 6.45) is 5.45. The molecule has 0 bridgehead atoms. The minimum Gasteiger partial charge on any atom is -0.352 e. The standard InChI is InChI=1S/C23H22FN3O3S/c24-20-9-6-18(7-10-20)23-19(15-27(26-23)21-4-2-1-3-5-21)8-11-22(28)25-14-17-12-13-31(29,30)16-17/h1-11,15,17H,12-14,16H2,(H,25,28). The molecule has 1 amide bonds. The molecule has 8 heteroatoms. The summed E-state index contributed by atoms with van der Waals surface area (Å²) < 4.78 is 38.2. The lowest BCUT2D eigenvalue weighted by molar-refractivity contribution is -0.116. The highest BCUT2D eigenvalue weighted by atomic mass is 32.2. The molecule has 6 nitrogen and oxygen atoms in total. The molecule has 2 aromatic carbocycles. The van der Waals surface area contributed by atoms with Crippen LogP contribution in [0.2, 0.25) is 0 Å². The van der Waals surface area contributed by atoms with Crippen molar-refractivity contribution < 1.29 is 17.6 Å². The fourth-order valence-electron chi connectivity index (χ4n) is 3.56. The Morgan fingerprint density at radius 1 is 1.16 bits per heavy atom. The molecule has 0 radical (unpaired) electrons. The second-order valence-corrected chi connectivity index (χ2v) is 9.80. The van der Waals surface area contributed by atoms with Crippen LogP contribution in [0.25, 0.3) is 23.0 Å². The van der Waals surface area contributed by atoms with Gasteiger partial charge >= 0.3 is 0 Å². The van der Waals surface area contributed by atoms with Crippen molar-refractivity contribution in [3.8, 4) is 16.9 Å². The van der Waals surface area contributed by atoms with Crippen molar-refractivity contribution in [3.63, 3.8) is 0 Å². The predicted molar refractivity (Wildman–Crippen MR) is 118 cm³/mol. The lowest BCUT2D eigenvalue weighted by atomic mass is 10.1. The van der Waals surface area contributed by atoms with Crippen LogP contribution < -0.4 is 5.32 Å². The van der Waals surface area contributed by atoms with E-state index in [1.165, 1.54) is 18.2 Å². The number of amides is 1. The number of carbonyl (C=O) groups excluding carboxylic acids is 1. The number of sulfone groups is 1. The Kier molecular flexibility index (Phi) is 5.99. The van der Waals surface area contributed by atoms with E-state index in [0.29, 0.717) is 24.2 Å². The smallest absolute Gasteiger partial charge is 0.244 e. The quantitative estimate of drug-likeness (QED) is 0.598. The Balaban J connectivity index is 1.54. The second-order valence-electron chi connectivity index (χ2n) is 7.57. The van der Waals surface area contributed by atoms with Crippen LogP contribution in [-0.4, -0.2) is 42.2 Å². The van der Waals surface area contributed by atoms with Gasteiger partial charge in [0.25, 0.3) is 0 Å². The van der Waals surface area contributed by atoms with Crippen LogP contribution in [0.15, 0.2) is 66.9 Å². The van der Waals surface area contributed by atoms with Gasteiger partial charge in [-0.1, -0.05) is 18.2 Å². The minimum absolute atomic E-state index is 0.0436. The number of hydrogen-bond donors (Lipinski definition) is 1. The van der Waals surface area contributed by atoms with E-state index in [0.717, 1.165) is 11.3 Å². The van der Waals surface area contributed by atoms with Gasteiger partial charge in [0.1, 0.15) is 5.82 Å². The summed E-state index contributed by atoms with van der Waals surface area (Å²) in [5, 5.41) is 7.40. The first-order valence-corrected chi connectivity index (χ1v) is 11.8. The third-order valence-electron chi connectivity index (χ3n) is 5.19. The third-order valence-corrected chi connectivity index (χ3v) is 7.02. The van der Waals surface area contributed by atoms with Crippen molar-refractivity contribution in [2.75, 3.05) is 18.1 Å². The Hall–Kier alpha value is -3.26. The molecule has 1 saturated heterocycles. The Morgan fingerprint density at radius 3 is 2.58 bits per heavy atom. The molecular formula is C23H22FN3O3S. The van der Waals surface area contributed by atoms with Crippen LogP contribution in [0.5, 0.6) is 0 Å². The monoisotopic (exact) mass is 439 g/mol. The van der Waals surface area contributed by atoms with E-state index in [1.54, 1.807) is 29.1 Å². The lowest BCUT2D eigenvalue weighted by Gasteiger charge is -2.07. The van der Waals surface area contributed by atoms with Gasteiger partial charge in [-0.3, -0.25) is 4.79 Å². The van der Waals surface area contributed by atoms with E-state index in [2.05, 4.69) is 10.4 Å². The second kappa shape index (κ2) is 8.85. The molecule has 0 saturated carbocycles. The van der Waals surface area contributed by atoms with Crippen molar-refractivity contribution >= 4 is 21.8 Å². The van der Waals surface area contributed by atoms with Gasteiger partial charge < -0.3 is 5.32 Å². The maximum Gasteiger partial charge on any atom is 0.244 e. The molecule has 31 heavy (non-hydrogen) atoms. The first-order chi connectivity index (χ1) is 14.9. The highest BCUT2D eigenvalue weighted by Crippen LogP contribution is 2.25. The number of carbonyl (C=O) groups is 1. The van der Waals surface area contributed by atoms with E-state index in [1.807, 2.05) is 30.3 Å². The average Bonchev–Trinajstić information content (AvgIpc) is 3.35. The normalized spacial score (nSPS) is 17.8. The molecule has 0 aliphatic carbocycles. The SMILES string of the molecule is O=C(C=Cc1cn(-c2ccccc2)nc1-c1ccc(F)cc1)NCC1CCS(=O)(=O)C1. The largest absolute Gasteiger partial charge is 0.352 e. The number of nitrogens with one attached hydrogen (secondary N) is 1. The first-order valence-electron chi connectivity index (χ1n) is 9.97. The molecule has 3 aromatic rings. The van der Waals surface area contributed by atoms with E-state index in [4.69, 9.17) is 0 Å². The molecule has 1 aromatic heterocycles. The number of nitrogens with zero attached hydrogens (tertiary/aromatic N) is 2. The van der Waals surface area contributed by atoms with E-state index in [9.17, 15) is 17.6 Å². The summed E-state index contributed by atoms with van der Waals surface area (Å²) in [4.78, 5) is 12.3. The lowest BCUT2D eigenvalue weighted by Crippen LogP contribution is -2.28. The third kappa shape index (κ3) is 5.27. The minimum atomic E-state index is -2.97. The molecule has 0 spiro atoms. The first kappa shape index (κ1) is 21.0.